The third kappa shape index (κ3) is 8.66. The Hall–Kier alpha value is -1.02. The van der Waals surface area contributed by atoms with E-state index in [1.165, 1.54) is 57.1 Å². The van der Waals surface area contributed by atoms with E-state index >= 15 is 0 Å². The number of hydrogen-bond donors (Lipinski definition) is 2. The van der Waals surface area contributed by atoms with E-state index in [4.69, 9.17) is 5.73 Å². The van der Waals surface area contributed by atoms with E-state index in [0.29, 0.717) is 0 Å². The first-order valence-electron chi connectivity index (χ1n) is 7.88. The molecule has 0 fully saturated rings. The van der Waals surface area contributed by atoms with Gasteiger partial charge in [0.25, 0.3) is 0 Å². The summed E-state index contributed by atoms with van der Waals surface area (Å²) in [6.45, 7) is 4.55. The zero-order chi connectivity index (χ0) is 13.8. The highest BCUT2D eigenvalue weighted by atomic mass is 14.8. The lowest BCUT2D eigenvalue weighted by Crippen LogP contribution is -2.17. The first kappa shape index (κ1) is 16.0. The van der Waals surface area contributed by atoms with Gasteiger partial charge in [-0.2, -0.15) is 0 Å². The Morgan fingerprint density at radius 1 is 0.947 bits per heavy atom. The lowest BCUT2D eigenvalue weighted by atomic mass is 10.1. The molecule has 0 saturated heterocycles. The summed E-state index contributed by atoms with van der Waals surface area (Å²) in [4.78, 5) is 0. The quantitative estimate of drug-likeness (QED) is 0.464. The van der Waals surface area contributed by atoms with Crippen molar-refractivity contribution >= 4 is 5.69 Å². The minimum absolute atomic E-state index is 0.873. The van der Waals surface area contributed by atoms with Crippen molar-refractivity contribution in [3.63, 3.8) is 0 Å². The topological polar surface area (TPSA) is 38.0 Å². The van der Waals surface area contributed by atoms with Crippen molar-refractivity contribution in [1.29, 1.82) is 0 Å². The summed E-state index contributed by atoms with van der Waals surface area (Å²) in [5.41, 5.74) is 7.98. The fraction of sp³-hybridized carbons (Fsp3) is 0.647. The molecule has 0 saturated carbocycles. The first-order chi connectivity index (χ1) is 9.33. The summed E-state index contributed by atoms with van der Waals surface area (Å²) in [7, 11) is 0. The summed E-state index contributed by atoms with van der Waals surface area (Å²) < 4.78 is 0. The summed E-state index contributed by atoms with van der Waals surface area (Å²) in [6.07, 6.45) is 10.6. The molecule has 0 amide bonds. The van der Waals surface area contributed by atoms with Gasteiger partial charge in [0.2, 0.25) is 0 Å². The number of anilines is 1. The molecule has 1 aromatic rings. The standard InChI is InChI=1S/C17H30N2/c1-2-3-4-5-6-7-13-19-14-9-11-16-10-8-12-17(18)15-16/h8,10,12,15,19H,2-7,9,11,13-14,18H2,1H3. The van der Waals surface area contributed by atoms with Crippen LogP contribution in [0.25, 0.3) is 0 Å². The van der Waals surface area contributed by atoms with Crippen molar-refractivity contribution in [3.8, 4) is 0 Å². The Morgan fingerprint density at radius 2 is 1.68 bits per heavy atom. The van der Waals surface area contributed by atoms with Gasteiger partial charge in [-0.3, -0.25) is 0 Å². The van der Waals surface area contributed by atoms with Crippen LogP contribution in [0.5, 0.6) is 0 Å². The molecule has 108 valence electrons. The van der Waals surface area contributed by atoms with Gasteiger partial charge < -0.3 is 11.1 Å². The molecule has 0 unspecified atom stereocenters. The summed E-state index contributed by atoms with van der Waals surface area (Å²) >= 11 is 0. The number of rotatable bonds is 11. The van der Waals surface area contributed by atoms with Crippen LogP contribution in [0.4, 0.5) is 5.69 Å². The van der Waals surface area contributed by atoms with Crippen molar-refractivity contribution in [2.75, 3.05) is 18.8 Å². The van der Waals surface area contributed by atoms with Gasteiger partial charge >= 0.3 is 0 Å². The molecule has 2 nitrogen and oxygen atoms in total. The fourth-order valence-corrected chi connectivity index (χ4v) is 2.32. The molecular formula is C17H30N2. The van der Waals surface area contributed by atoms with Crippen molar-refractivity contribution in [1.82, 2.24) is 5.32 Å². The first-order valence-corrected chi connectivity index (χ1v) is 7.88. The summed E-state index contributed by atoms with van der Waals surface area (Å²) in [6, 6.07) is 8.21. The zero-order valence-corrected chi connectivity index (χ0v) is 12.5. The molecule has 19 heavy (non-hydrogen) atoms. The maximum atomic E-state index is 5.76. The van der Waals surface area contributed by atoms with Crippen LogP contribution in [0.1, 0.15) is 57.4 Å². The Kier molecular flexibility index (Phi) is 9.17. The van der Waals surface area contributed by atoms with Crippen molar-refractivity contribution in [3.05, 3.63) is 29.8 Å². The molecule has 0 bridgehead atoms. The average molecular weight is 262 g/mol. The summed E-state index contributed by atoms with van der Waals surface area (Å²) in [5.74, 6) is 0. The van der Waals surface area contributed by atoms with Gasteiger partial charge in [-0.25, -0.2) is 0 Å². The van der Waals surface area contributed by atoms with Crippen LogP contribution in [-0.2, 0) is 6.42 Å². The third-order valence-electron chi connectivity index (χ3n) is 3.48. The highest BCUT2D eigenvalue weighted by Gasteiger charge is 1.94. The highest BCUT2D eigenvalue weighted by Crippen LogP contribution is 2.08. The van der Waals surface area contributed by atoms with E-state index in [2.05, 4.69) is 24.4 Å². The number of benzene rings is 1. The fourth-order valence-electron chi connectivity index (χ4n) is 2.32. The highest BCUT2D eigenvalue weighted by molar-refractivity contribution is 5.40. The molecule has 0 aliphatic rings. The molecule has 0 aliphatic heterocycles. The lowest BCUT2D eigenvalue weighted by molar-refractivity contribution is 0.565. The molecule has 0 spiro atoms. The van der Waals surface area contributed by atoms with Gasteiger partial charge in [0, 0.05) is 5.69 Å². The van der Waals surface area contributed by atoms with Crippen molar-refractivity contribution in [2.24, 2.45) is 0 Å². The number of nitrogen functional groups attached to an aromatic ring is 1. The van der Waals surface area contributed by atoms with Gasteiger partial charge in [-0.05, 0) is 50.0 Å². The van der Waals surface area contributed by atoms with Crippen LogP contribution in [0.15, 0.2) is 24.3 Å². The Bertz CT molecular complexity index is 323. The normalized spacial score (nSPS) is 10.8. The number of nitrogens with one attached hydrogen (secondary N) is 1. The second-order valence-corrected chi connectivity index (χ2v) is 5.37. The van der Waals surface area contributed by atoms with E-state index in [0.717, 1.165) is 18.7 Å². The Balaban J connectivity index is 1.89. The van der Waals surface area contributed by atoms with E-state index in [9.17, 15) is 0 Å². The van der Waals surface area contributed by atoms with Crippen LogP contribution in [0.2, 0.25) is 0 Å². The minimum Gasteiger partial charge on any atom is -0.399 e. The summed E-state index contributed by atoms with van der Waals surface area (Å²) in [5, 5.41) is 3.53. The number of hydrogen-bond acceptors (Lipinski definition) is 2. The molecule has 2 heteroatoms. The van der Waals surface area contributed by atoms with E-state index < -0.39 is 0 Å². The SMILES string of the molecule is CCCCCCCCNCCCc1cccc(N)c1. The average Bonchev–Trinajstić information content (AvgIpc) is 2.41. The minimum atomic E-state index is 0.873. The largest absolute Gasteiger partial charge is 0.399 e. The zero-order valence-electron chi connectivity index (χ0n) is 12.5. The number of unbranched alkanes of at least 4 members (excludes halogenated alkanes) is 5. The molecule has 3 N–H and O–H groups in total. The van der Waals surface area contributed by atoms with Crippen molar-refractivity contribution < 1.29 is 0 Å². The molecule has 0 atom stereocenters. The predicted molar refractivity (Wildman–Crippen MR) is 85.4 cm³/mol. The van der Waals surface area contributed by atoms with Gasteiger partial charge in [0.15, 0.2) is 0 Å². The maximum absolute atomic E-state index is 5.76. The number of aryl methyl sites for hydroxylation is 1. The third-order valence-corrected chi connectivity index (χ3v) is 3.48. The molecular weight excluding hydrogens is 232 g/mol. The molecule has 0 heterocycles. The monoisotopic (exact) mass is 262 g/mol. The predicted octanol–water partition coefficient (Wildman–Crippen LogP) is 4.15. The van der Waals surface area contributed by atoms with Crippen LogP contribution in [0.3, 0.4) is 0 Å². The maximum Gasteiger partial charge on any atom is 0.0316 e. The Labute approximate surface area is 118 Å². The smallest absolute Gasteiger partial charge is 0.0316 e. The van der Waals surface area contributed by atoms with Crippen LogP contribution in [-0.4, -0.2) is 13.1 Å². The van der Waals surface area contributed by atoms with Crippen LogP contribution < -0.4 is 11.1 Å². The molecule has 1 rings (SSSR count). The van der Waals surface area contributed by atoms with Crippen LogP contribution >= 0.6 is 0 Å². The van der Waals surface area contributed by atoms with Crippen LogP contribution in [0, 0.1) is 0 Å². The molecule has 0 radical (unpaired) electrons. The lowest BCUT2D eigenvalue weighted by Gasteiger charge is -2.05. The molecule has 0 aliphatic carbocycles. The second-order valence-electron chi connectivity index (χ2n) is 5.37. The van der Waals surface area contributed by atoms with Gasteiger partial charge in [-0.1, -0.05) is 51.2 Å². The number of nitrogens with two attached hydrogens (primary N) is 1. The van der Waals surface area contributed by atoms with Gasteiger partial charge in [0.1, 0.15) is 0 Å². The molecule has 0 aromatic heterocycles. The van der Waals surface area contributed by atoms with Gasteiger partial charge in [0.05, 0.1) is 0 Å². The van der Waals surface area contributed by atoms with E-state index in [1.807, 2.05) is 12.1 Å². The van der Waals surface area contributed by atoms with E-state index in [1.54, 1.807) is 0 Å². The Morgan fingerprint density at radius 3 is 2.47 bits per heavy atom. The van der Waals surface area contributed by atoms with E-state index in [-0.39, 0.29) is 0 Å². The molecule has 1 aromatic carbocycles. The van der Waals surface area contributed by atoms with Gasteiger partial charge in [-0.15, -0.1) is 0 Å². The second kappa shape index (κ2) is 10.9. The van der Waals surface area contributed by atoms with Crippen molar-refractivity contribution in [2.45, 2.75) is 58.3 Å².